The molecular formula is C9H17ISi. The average molecular weight is 280 g/mol. The number of alkyl halides is 1. The second-order valence-corrected chi connectivity index (χ2v) is 10.4. The van der Waals surface area contributed by atoms with Crippen LogP contribution in [-0.2, 0) is 0 Å². The summed E-state index contributed by atoms with van der Waals surface area (Å²) in [7, 11) is -0.893. The smallest absolute Gasteiger partial charge is 0.0573 e. The van der Waals surface area contributed by atoms with Gasteiger partial charge in [-0.3, -0.25) is 0 Å². The van der Waals surface area contributed by atoms with Crippen molar-refractivity contribution < 1.29 is 0 Å². The number of hydrogen-bond acceptors (Lipinski definition) is 0. The molecule has 2 heteroatoms. The molecule has 0 rings (SSSR count). The fourth-order valence-electron chi connectivity index (χ4n) is 0.571. The maximum atomic E-state index is 3.27. The number of unbranched alkanes of at least 4 members (excludes halogenated alkanes) is 1. The van der Waals surface area contributed by atoms with Crippen molar-refractivity contribution >= 4 is 30.7 Å². The van der Waals surface area contributed by atoms with Gasteiger partial charge in [0.25, 0.3) is 0 Å². The van der Waals surface area contributed by atoms with E-state index in [0.717, 1.165) is 12.5 Å². The van der Waals surface area contributed by atoms with Crippen LogP contribution in [0, 0.1) is 11.8 Å². The summed E-state index contributed by atoms with van der Waals surface area (Å²) in [5, 5.41) is 0. The Balaban J connectivity index is 3.41. The molecule has 0 nitrogen and oxygen atoms in total. The van der Waals surface area contributed by atoms with E-state index in [9.17, 15) is 0 Å². The first kappa shape index (κ1) is 11.5. The third kappa shape index (κ3) is 10.5. The van der Waals surface area contributed by atoms with E-state index >= 15 is 0 Å². The monoisotopic (exact) mass is 280 g/mol. The molecule has 0 aliphatic rings. The van der Waals surface area contributed by atoms with Gasteiger partial charge in [-0.1, -0.05) is 42.2 Å². The summed E-state index contributed by atoms with van der Waals surface area (Å²) in [6.07, 6.45) is 2.34. The van der Waals surface area contributed by atoms with Gasteiger partial charge in [0.2, 0.25) is 0 Å². The van der Waals surface area contributed by atoms with Gasteiger partial charge >= 0.3 is 0 Å². The van der Waals surface area contributed by atoms with Crippen LogP contribution in [0.15, 0.2) is 0 Å². The quantitative estimate of drug-likeness (QED) is 0.244. The first-order chi connectivity index (χ1) is 5.06. The van der Waals surface area contributed by atoms with Crippen molar-refractivity contribution in [2.24, 2.45) is 0 Å². The van der Waals surface area contributed by atoms with Crippen LogP contribution in [0.2, 0.25) is 25.7 Å². The summed E-state index contributed by atoms with van der Waals surface area (Å²) in [5.74, 6) is 6.49. The molecule has 0 unspecified atom stereocenters. The highest BCUT2D eigenvalue weighted by molar-refractivity contribution is 14.1. The average Bonchev–Trinajstić information content (AvgIpc) is 1.85. The molecule has 0 saturated heterocycles. The zero-order valence-electron chi connectivity index (χ0n) is 7.71. The highest BCUT2D eigenvalue weighted by atomic mass is 127. The summed E-state index contributed by atoms with van der Waals surface area (Å²) < 4.78 is 1.24. The molecule has 0 atom stereocenters. The molecule has 0 saturated carbocycles. The van der Waals surface area contributed by atoms with Crippen LogP contribution in [0.25, 0.3) is 0 Å². The molecule has 0 radical (unpaired) electrons. The van der Waals surface area contributed by atoms with Crippen LogP contribution in [0.5, 0.6) is 0 Å². The minimum Gasteiger partial charge on any atom is -0.106 e. The van der Waals surface area contributed by atoms with E-state index in [-0.39, 0.29) is 0 Å². The number of rotatable bonds is 3. The predicted octanol–water partition coefficient (Wildman–Crippen LogP) is 3.54. The minimum atomic E-state index is -0.893. The lowest BCUT2D eigenvalue weighted by Gasteiger charge is -2.09. The van der Waals surface area contributed by atoms with E-state index in [2.05, 4.69) is 54.1 Å². The Morgan fingerprint density at radius 3 is 2.27 bits per heavy atom. The Morgan fingerprint density at radius 1 is 1.18 bits per heavy atom. The molecule has 0 fully saturated rings. The molecule has 0 N–H and O–H groups in total. The van der Waals surface area contributed by atoms with E-state index in [1.165, 1.54) is 10.8 Å². The van der Waals surface area contributed by atoms with Crippen LogP contribution in [-0.4, -0.2) is 12.5 Å². The minimum absolute atomic E-state index is 0.893. The Morgan fingerprint density at radius 2 is 1.82 bits per heavy atom. The van der Waals surface area contributed by atoms with Crippen molar-refractivity contribution in [2.75, 3.05) is 4.43 Å². The summed E-state index contributed by atoms with van der Waals surface area (Å²) in [4.78, 5) is 0. The van der Waals surface area contributed by atoms with E-state index in [1.54, 1.807) is 0 Å². The topological polar surface area (TPSA) is 0 Å². The van der Waals surface area contributed by atoms with Crippen molar-refractivity contribution in [2.45, 2.75) is 38.5 Å². The molecule has 0 heterocycles. The predicted molar refractivity (Wildman–Crippen MR) is 64.1 cm³/mol. The molecular weight excluding hydrogens is 263 g/mol. The molecule has 11 heavy (non-hydrogen) atoms. The van der Waals surface area contributed by atoms with Gasteiger partial charge in [0, 0.05) is 16.9 Å². The second kappa shape index (κ2) is 6.07. The van der Waals surface area contributed by atoms with Crippen LogP contribution >= 0.6 is 22.6 Å². The van der Waals surface area contributed by atoms with Crippen molar-refractivity contribution in [3.8, 4) is 11.8 Å². The summed E-state index contributed by atoms with van der Waals surface area (Å²) >= 11 is 2.40. The molecule has 0 aliphatic heterocycles. The number of hydrogen-bond donors (Lipinski definition) is 0. The van der Waals surface area contributed by atoms with Gasteiger partial charge < -0.3 is 0 Å². The Hall–Kier alpha value is 0.507. The van der Waals surface area contributed by atoms with E-state index < -0.39 is 8.07 Å². The lowest BCUT2D eigenvalue weighted by atomic mass is 10.3. The van der Waals surface area contributed by atoms with Gasteiger partial charge in [0.15, 0.2) is 0 Å². The fraction of sp³-hybridized carbons (Fsp3) is 0.778. The van der Waals surface area contributed by atoms with Gasteiger partial charge in [0.1, 0.15) is 0 Å². The first-order valence-corrected chi connectivity index (χ1v) is 9.31. The zero-order chi connectivity index (χ0) is 8.74. The molecule has 0 bridgehead atoms. The van der Waals surface area contributed by atoms with Crippen molar-refractivity contribution in [1.82, 2.24) is 0 Å². The van der Waals surface area contributed by atoms with Crippen LogP contribution in [0.1, 0.15) is 12.8 Å². The molecule has 0 aliphatic carbocycles. The van der Waals surface area contributed by atoms with Crippen LogP contribution in [0.3, 0.4) is 0 Å². The molecule has 0 aromatic carbocycles. The third-order valence-corrected chi connectivity index (χ3v) is 3.18. The lowest BCUT2D eigenvalue weighted by molar-refractivity contribution is 1.01. The molecule has 0 spiro atoms. The SMILES string of the molecule is C[Si](C)(C)CC#CCCCI. The summed E-state index contributed by atoms with van der Waals surface area (Å²) in [6, 6.07) is 1.16. The van der Waals surface area contributed by atoms with Gasteiger partial charge in [-0.05, 0) is 6.42 Å². The van der Waals surface area contributed by atoms with E-state index in [1.807, 2.05) is 0 Å². The van der Waals surface area contributed by atoms with E-state index in [0.29, 0.717) is 0 Å². The van der Waals surface area contributed by atoms with Crippen molar-refractivity contribution in [3.05, 3.63) is 0 Å². The zero-order valence-corrected chi connectivity index (χ0v) is 10.9. The Bertz CT molecular complexity index is 147. The molecule has 0 aromatic heterocycles. The standard InChI is InChI=1S/C9H17ISi/c1-11(2,3)9-7-5-4-6-8-10/h4,6,8-9H2,1-3H3. The van der Waals surface area contributed by atoms with Gasteiger partial charge in [-0.15, -0.1) is 11.8 Å². The van der Waals surface area contributed by atoms with Gasteiger partial charge in [-0.2, -0.15) is 0 Å². The first-order valence-electron chi connectivity index (χ1n) is 4.08. The normalized spacial score (nSPS) is 10.5. The molecule has 0 aromatic rings. The largest absolute Gasteiger partial charge is 0.106 e. The lowest BCUT2D eigenvalue weighted by Crippen LogP contribution is -2.17. The second-order valence-electron chi connectivity index (χ2n) is 3.88. The summed E-state index contributed by atoms with van der Waals surface area (Å²) in [5.41, 5.74) is 0. The van der Waals surface area contributed by atoms with Crippen molar-refractivity contribution in [1.29, 1.82) is 0 Å². The van der Waals surface area contributed by atoms with Crippen LogP contribution < -0.4 is 0 Å². The number of halogens is 1. The fourth-order valence-corrected chi connectivity index (χ4v) is 1.61. The molecule has 0 amide bonds. The Kier molecular flexibility index (Phi) is 6.35. The maximum absolute atomic E-state index is 3.27. The van der Waals surface area contributed by atoms with Crippen LogP contribution in [0.4, 0.5) is 0 Å². The third-order valence-electron chi connectivity index (χ3n) is 1.18. The van der Waals surface area contributed by atoms with E-state index in [4.69, 9.17) is 0 Å². The van der Waals surface area contributed by atoms with Crippen molar-refractivity contribution in [3.63, 3.8) is 0 Å². The highest BCUT2D eigenvalue weighted by Crippen LogP contribution is 2.05. The Labute approximate surface area is 85.3 Å². The van der Waals surface area contributed by atoms with Gasteiger partial charge in [0.05, 0.1) is 8.07 Å². The summed E-state index contributed by atoms with van der Waals surface area (Å²) in [6.45, 7) is 7.08. The maximum Gasteiger partial charge on any atom is 0.0573 e. The molecule has 64 valence electrons. The van der Waals surface area contributed by atoms with Gasteiger partial charge in [-0.25, -0.2) is 0 Å². The highest BCUT2D eigenvalue weighted by Gasteiger charge is 2.09.